The Hall–Kier alpha value is -1.47. The molecule has 1 atom stereocenters. The molecule has 0 amide bonds. The number of nitrogens with one attached hydrogen (secondary N) is 1. The van der Waals surface area contributed by atoms with Gasteiger partial charge in [-0.25, -0.2) is 4.39 Å². The molecule has 1 N–H and O–H groups in total. The van der Waals surface area contributed by atoms with Gasteiger partial charge in [0.25, 0.3) is 5.69 Å². The van der Waals surface area contributed by atoms with Crippen LogP contribution in [0.5, 0.6) is 0 Å². The highest BCUT2D eigenvalue weighted by Gasteiger charge is 2.17. The van der Waals surface area contributed by atoms with E-state index < -0.39 is 4.92 Å². The molecule has 0 saturated heterocycles. The van der Waals surface area contributed by atoms with Crippen LogP contribution in [0.2, 0.25) is 0 Å². The Labute approximate surface area is 137 Å². The van der Waals surface area contributed by atoms with Gasteiger partial charge in [0, 0.05) is 21.1 Å². The summed E-state index contributed by atoms with van der Waals surface area (Å²) in [5, 5.41) is 14.2. The number of halogens is 3. The van der Waals surface area contributed by atoms with E-state index in [1.54, 1.807) is 18.2 Å². The van der Waals surface area contributed by atoms with E-state index in [4.69, 9.17) is 0 Å². The Bertz CT molecular complexity index is 695. The minimum absolute atomic E-state index is 0.0190. The van der Waals surface area contributed by atoms with Gasteiger partial charge in [0.15, 0.2) is 0 Å². The van der Waals surface area contributed by atoms with Crippen LogP contribution in [0.4, 0.5) is 15.8 Å². The lowest BCUT2D eigenvalue weighted by Gasteiger charge is -2.17. The van der Waals surface area contributed by atoms with Crippen molar-refractivity contribution < 1.29 is 9.31 Å². The predicted octanol–water partition coefficient (Wildman–Crippen LogP) is 5.43. The third-order valence-electron chi connectivity index (χ3n) is 2.96. The average Bonchev–Trinajstić information content (AvgIpc) is 2.40. The topological polar surface area (TPSA) is 55.2 Å². The van der Waals surface area contributed by atoms with Crippen LogP contribution < -0.4 is 5.32 Å². The lowest BCUT2D eigenvalue weighted by molar-refractivity contribution is -0.384. The first-order valence-electron chi connectivity index (χ1n) is 6.04. The van der Waals surface area contributed by atoms with Crippen LogP contribution in [0.25, 0.3) is 0 Å². The standard InChI is InChI=1S/C14H11Br2FN2O2/c1-8(11-4-3-10(17)7-12(11)16)18-13-5-2-9(15)6-14(13)19(20)21/h2-8,18H,1H3. The normalized spacial score (nSPS) is 12.0. The van der Waals surface area contributed by atoms with Crippen molar-refractivity contribution in [2.45, 2.75) is 13.0 Å². The Morgan fingerprint density at radius 3 is 2.57 bits per heavy atom. The van der Waals surface area contributed by atoms with E-state index in [-0.39, 0.29) is 17.5 Å². The molecule has 0 saturated carbocycles. The maximum Gasteiger partial charge on any atom is 0.293 e. The first-order chi connectivity index (χ1) is 9.88. The molecular formula is C14H11Br2FN2O2. The lowest BCUT2D eigenvalue weighted by Crippen LogP contribution is -2.09. The highest BCUT2D eigenvalue weighted by molar-refractivity contribution is 9.10. The van der Waals surface area contributed by atoms with Crippen molar-refractivity contribution in [1.29, 1.82) is 0 Å². The maximum atomic E-state index is 13.1. The fraction of sp³-hybridized carbons (Fsp3) is 0.143. The van der Waals surface area contributed by atoms with E-state index in [0.717, 1.165) is 5.56 Å². The van der Waals surface area contributed by atoms with Gasteiger partial charge in [0.1, 0.15) is 11.5 Å². The summed E-state index contributed by atoms with van der Waals surface area (Å²) in [7, 11) is 0. The molecule has 2 rings (SSSR count). The number of anilines is 1. The largest absolute Gasteiger partial charge is 0.373 e. The highest BCUT2D eigenvalue weighted by atomic mass is 79.9. The molecule has 7 heteroatoms. The molecule has 0 radical (unpaired) electrons. The highest BCUT2D eigenvalue weighted by Crippen LogP contribution is 2.32. The maximum absolute atomic E-state index is 13.1. The molecule has 2 aromatic carbocycles. The number of hydrogen-bond acceptors (Lipinski definition) is 3. The van der Waals surface area contributed by atoms with Gasteiger partial charge in [-0.2, -0.15) is 0 Å². The van der Waals surface area contributed by atoms with Crippen LogP contribution >= 0.6 is 31.9 Å². The van der Waals surface area contributed by atoms with Crippen molar-refractivity contribution in [2.24, 2.45) is 0 Å². The van der Waals surface area contributed by atoms with Gasteiger partial charge in [-0.05, 0) is 36.8 Å². The fourth-order valence-corrected chi connectivity index (χ4v) is 2.98. The van der Waals surface area contributed by atoms with Crippen molar-refractivity contribution >= 4 is 43.2 Å². The second-order valence-electron chi connectivity index (χ2n) is 4.45. The summed E-state index contributed by atoms with van der Waals surface area (Å²) >= 11 is 6.51. The fourth-order valence-electron chi connectivity index (χ4n) is 1.94. The van der Waals surface area contributed by atoms with E-state index in [9.17, 15) is 14.5 Å². The zero-order valence-corrected chi connectivity index (χ0v) is 14.1. The SMILES string of the molecule is CC(Nc1ccc(Br)cc1[N+](=O)[O-])c1ccc(F)cc1Br. The summed E-state index contributed by atoms with van der Waals surface area (Å²) in [5.41, 5.74) is 1.20. The van der Waals surface area contributed by atoms with Crippen LogP contribution in [-0.2, 0) is 0 Å². The number of nitrogens with zero attached hydrogens (tertiary/aromatic N) is 1. The van der Waals surface area contributed by atoms with Gasteiger partial charge in [0.05, 0.1) is 4.92 Å². The van der Waals surface area contributed by atoms with Crippen LogP contribution in [0.3, 0.4) is 0 Å². The summed E-state index contributed by atoms with van der Waals surface area (Å²) in [6.07, 6.45) is 0. The molecule has 0 spiro atoms. The average molecular weight is 418 g/mol. The van der Waals surface area contributed by atoms with Gasteiger partial charge in [0.2, 0.25) is 0 Å². The molecule has 4 nitrogen and oxygen atoms in total. The zero-order valence-electron chi connectivity index (χ0n) is 10.9. The van der Waals surface area contributed by atoms with Gasteiger partial charge < -0.3 is 5.32 Å². The van der Waals surface area contributed by atoms with Crippen molar-refractivity contribution in [3.63, 3.8) is 0 Å². The molecule has 0 fully saturated rings. The van der Waals surface area contributed by atoms with Gasteiger partial charge in [-0.1, -0.05) is 37.9 Å². The van der Waals surface area contributed by atoms with Crippen molar-refractivity contribution in [3.05, 3.63) is 66.8 Å². The minimum atomic E-state index is -0.445. The predicted molar refractivity (Wildman–Crippen MR) is 86.9 cm³/mol. The van der Waals surface area contributed by atoms with Gasteiger partial charge >= 0.3 is 0 Å². The summed E-state index contributed by atoms with van der Waals surface area (Å²) < 4.78 is 14.4. The number of benzene rings is 2. The molecule has 110 valence electrons. The lowest BCUT2D eigenvalue weighted by atomic mass is 10.1. The second kappa shape index (κ2) is 6.53. The van der Waals surface area contributed by atoms with Crippen molar-refractivity contribution in [2.75, 3.05) is 5.32 Å². The number of nitro benzene ring substituents is 1. The van der Waals surface area contributed by atoms with Crippen LogP contribution in [0.15, 0.2) is 45.3 Å². The molecule has 0 aromatic heterocycles. The molecule has 0 aliphatic rings. The van der Waals surface area contributed by atoms with E-state index in [1.807, 2.05) is 6.92 Å². The summed E-state index contributed by atoms with van der Waals surface area (Å²) in [6, 6.07) is 8.94. The first-order valence-corrected chi connectivity index (χ1v) is 7.62. The van der Waals surface area contributed by atoms with Crippen LogP contribution in [0.1, 0.15) is 18.5 Å². The zero-order chi connectivity index (χ0) is 15.6. The molecule has 1 unspecified atom stereocenters. The van der Waals surface area contributed by atoms with Crippen molar-refractivity contribution in [3.8, 4) is 0 Å². The first kappa shape index (κ1) is 15.9. The number of rotatable bonds is 4. The molecule has 0 heterocycles. The molecule has 0 aliphatic carbocycles. The Balaban J connectivity index is 2.31. The molecule has 0 bridgehead atoms. The van der Waals surface area contributed by atoms with E-state index in [1.165, 1.54) is 18.2 Å². The number of nitro groups is 1. The molecule has 2 aromatic rings. The summed E-state index contributed by atoms with van der Waals surface area (Å²) in [5.74, 6) is -0.340. The summed E-state index contributed by atoms with van der Waals surface area (Å²) in [6.45, 7) is 1.85. The monoisotopic (exact) mass is 416 g/mol. The Morgan fingerprint density at radius 1 is 1.24 bits per heavy atom. The quantitative estimate of drug-likeness (QED) is 0.532. The van der Waals surface area contributed by atoms with Crippen molar-refractivity contribution in [1.82, 2.24) is 0 Å². The Morgan fingerprint density at radius 2 is 1.95 bits per heavy atom. The Kier molecular flexibility index (Phi) is 4.95. The van der Waals surface area contributed by atoms with Crippen LogP contribution in [-0.4, -0.2) is 4.92 Å². The summed E-state index contributed by atoms with van der Waals surface area (Å²) in [4.78, 5) is 10.6. The third-order valence-corrected chi connectivity index (χ3v) is 4.14. The molecular weight excluding hydrogens is 407 g/mol. The van der Waals surface area contributed by atoms with E-state index in [0.29, 0.717) is 14.6 Å². The van der Waals surface area contributed by atoms with Crippen LogP contribution in [0, 0.1) is 15.9 Å². The number of hydrogen-bond donors (Lipinski definition) is 1. The molecule has 0 aliphatic heterocycles. The van der Waals surface area contributed by atoms with Gasteiger partial charge in [-0.3, -0.25) is 10.1 Å². The smallest absolute Gasteiger partial charge is 0.293 e. The van der Waals surface area contributed by atoms with E-state index in [2.05, 4.69) is 37.2 Å². The minimum Gasteiger partial charge on any atom is -0.373 e. The van der Waals surface area contributed by atoms with Gasteiger partial charge in [-0.15, -0.1) is 0 Å². The third kappa shape index (κ3) is 3.79. The van der Waals surface area contributed by atoms with E-state index >= 15 is 0 Å². The molecule has 21 heavy (non-hydrogen) atoms. The second-order valence-corrected chi connectivity index (χ2v) is 6.22.